The normalized spacial score (nSPS) is 13.2. The minimum atomic E-state index is -4.62. The fraction of sp³-hybridized carbons (Fsp3) is 0.500. The van der Waals surface area contributed by atoms with Crippen molar-refractivity contribution in [1.29, 1.82) is 0 Å². The molecule has 1 rings (SSSR count). The van der Waals surface area contributed by atoms with Crippen LogP contribution in [-0.2, 0) is 22.3 Å². The zero-order valence-corrected chi connectivity index (χ0v) is 14.5. The Morgan fingerprint density at radius 1 is 1.32 bits per heavy atom. The van der Waals surface area contributed by atoms with Gasteiger partial charge in [0.15, 0.2) is 5.84 Å². The number of benzene rings is 1. The van der Waals surface area contributed by atoms with Crippen LogP contribution in [0.25, 0.3) is 0 Å². The smallest absolute Gasteiger partial charge is 0.416 e. The Hall–Kier alpha value is -2.29. The lowest BCUT2D eigenvalue weighted by Crippen LogP contribution is -2.33. The average Bonchev–Trinajstić information content (AvgIpc) is 2.43. The molecule has 6 nitrogen and oxygen atoms in total. The van der Waals surface area contributed by atoms with Crippen LogP contribution in [0.4, 0.5) is 13.2 Å². The second kappa shape index (κ2) is 7.73. The first-order valence-corrected chi connectivity index (χ1v) is 7.42. The lowest BCUT2D eigenvalue weighted by atomic mass is 10.0. The van der Waals surface area contributed by atoms with Crippen LogP contribution in [0.3, 0.4) is 0 Å². The van der Waals surface area contributed by atoms with Crippen LogP contribution in [0.5, 0.6) is 0 Å². The van der Waals surface area contributed by atoms with Gasteiger partial charge in [-0.05, 0) is 39.4 Å². The standard InChI is InChI=1S/C16H22F3N3O3/c1-15(2,3)25-13(23)9-22(4)8-11-6-5-10(14(20)21-24)7-12(11)16(17,18)19/h5-7,24H,8-9H2,1-4H3,(H2,20,21). The highest BCUT2D eigenvalue weighted by molar-refractivity contribution is 5.97. The fourth-order valence-corrected chi connectivity index (χ4v) is 2.14. The van der Waals surface area contributed by atoms with Gasteiger partial charge in [-0.15, -0.1) is 0 Å². The molecule has 0 unspecified atom stereocenters. The number of hydrogen-bond donors (Lipinski definition) is 2. The SMILES string of the molecule is CN(CC(=O)OC(C)(C)C)Cc1ccc(/C(N)=N/O)cc1C(F)(F)F. The van der Waals surface area contributed by atoms with Crippen LogP contribution in [0.2, 0.25) is 0 Å². The number of halogens is 3. The zero-order valence-electron chi connectivity index (χ0n) is 14.5. The van der Waals surface area contributed by atoms with E-state index in [2.05, 4.69) is 5.16 Å². The van der Waals surface area contributed by atoms with Gasteiger partial charge in [0.2, 0.25) is 0 Å². The molecular weight excluding hydrogens is 339 g/mol. The highest BCUT2D eigenvalue weighted by Crippen LogP contribution is 2.33. The van der Waals surface area contributed by atoms with Gasteiger partial charge in [0.05, 0.1) is 12.1 Å². The monoisotopic (exact) mass is 361 g/mol. The molecule has 0 aliphatic carbocycles. The number of nitrogens with zero attached hydrogens (tertiary/aromatic N) is 2. The maximum Gasteiger partial charge on any atom is 0.416 e. The van der Waals surface area contributed by atoms with Crippen molar-refractivity contribution in [2.75, 3.05) is 13.6 Å². The van der Waals surface area contributed by atoms with Gasteiger partial charge in [-0.3, -0.25) is 9.69 Å². The van der Waals surface area contributed by atoms with Crippen LogP contribution in [0, 0.1) is 0 Å². The molecular formula is C16H22F3N3O3. The second-order valence-electron chi connectivity index (χ2n) is 6.61. The molecule has 3 N–H and O–H groups in total. The lowest BCUT2D eigenvalue weighted by molar-refractivity contribution is -0.155. The van der Waals surface area contributed by atoms with Gasteiger partial charge in [0.25, 0.3) is 0 Å². The molecule has 0 aliphatic rings. The predicted octanol–water partition coefficient (Wildman–Crippen LogP) is 2.57. The molecule has 1 aromatic carbocycles. The van der Waals surface area contributed by atoms with Gasteiger partial charge in [-0.25, -0.2) is 0 Å². The molecule has 0 spiro atoms. The Labute approximate surface area is 144 Å². The summed E-state index contributed by atoms with van der Waals surface area (Å²) >= 11 is 0. The van der Waals surface area contributed by atoms with E-state index in [1.807, 2.05) is 0 Å². The van der Waals surface area contributed by atoms with E-state index < -0.39 is 29.1 Å². The van der Waals surface area contributed by atoms with Crippen molar-refractivity contribution in [3.8, 4) is 0 Å². The molecule has 0 saturated heterocycles. The van der Waals surface area contributed by atoms with Crippen LogP contribution in [0.1, 0.15) is 37.5 Å². The number of carbonyl (C=O) groups excluding carboxylic acids is 1. The minimum Gasteiger partial charge on any atom is -0.459 e. The Kier molecular flexibility index (Phi) is 6.42. The fourth-order valence-electron chi connectivity index (χ4n) is 2.14. The third kappa shape index (κ3) is 6.61. The summed E-state index contributed by atoms with van der Waals surface area (Å²) in [5.74, 6) is -0.948. The molecule has 9 heteroatoms. The summed E-state index contributed by atoms with van der Waals surface area (Å²) in [6, 6.07) is 3.37. The molecule has 25 heavy (non-hydrogen) atoms. The molecule has 0 aliphatic heterocycles. The first kappa shape index (κ1) is 20.8. The summed E-state index contributed by atoms with van der Waals surface area (Å²) in [4.78, 5) is 13.2. The van der Waals surface area contributed by atoms with Crippen LogP contribution in [0.15, 0.2) is 23.4 Å². The predicted molar refractivity (Wildman–Crippen MR) is 86.1 cm³/mol. The van der Waals surface area contributed by atoms with E-state index in [1.54, 1.807) is 20.8 Å². The van der Waals surface area contributed by atoms with E-state index >= 15 is 0 Å². The van der Waals surface area contributed by atoms with E-state index in [0.717, 1.165) is 6.07 Å². The van der Waals surface area contributed by atoms with Crippen molar-refractivity contribution in [1.82, 2.24) is 4.90 Å². The summed E-state index contributed by atoms with van der Waals surface area (Å²) in [6.07, 6.45) is -4.62. The minimum absolute atomic E-state index is 0.0342. The summed E-state index contributed by atoms with van der Waals surface area (Å²) in [6.45, 7) is 4.84. The molecule has 0 fully saturated rings. The average molecular weight is 361 g/mol. The summed E-state index contributed by atoms with van der Waals surface area (Å²) < 4.78 is 45.0. The Morgan fingerprint density at radius 2 is 1.92 bits per heavy atom. The van der Waals surface area contributed by atoms with Crippen molar-refractivity contribution < 1.29 is 27.9 Å². The van der Waals surface area contributed by atoms with Crippen molar-refractivity contribution in [3.63, 3.8) is 0 Å². The van der Waals surface area contributed by atoms with Crippen molar-refractivity contribution in [2.45, 2.75) is 39.1 Å². The molecule has 0 atom stereocenters. The third-order valence-electron chi connectivity index (χ3n) is 3.08. The Morgan fingerprint density at radius 3 is 2.40 bits per heavy atom. The number of ether oxygens (including phenoxy) is 1. The number of nitrogens with two attached hydrogens (primary N) is 1. The number of oxime groups is 1. The summed E-state index contributed by atoms with van der Waals surface area (Å²) in [5, 5.41) is 11.3. The first-order chi connectivity index (χ1) is 11.3. The molecule has 140 valence electrons. The number of alkyl halides is 3. The van der Waals surface area contributed by atoms with E-state index in [9.17, 15) is 18.0 Å². The number of esters is 1. The number of likely N-dealkylation sites (N-methyl/N-ethyl adjacent to an activating group) is 1. The van der Waals surface area contributed by atoms with E-state index in [-0.39, 0.29) is 24.2 Å². The van der Waals surface area contributed by atoms with Gasteiger partial charge in [0.1, 0.15) is 5.60 Å². The number of rotatable bonds is 5. The Bertz CT molecular complexity index is 652. The van der Waals surface area contributed by atoms with Crippen LogP contribution in [-0.4, -0.2) is 41.1 Å². The molecule has 1 aromatic rings. The van der Waals surface area contributed by atoms with Gasteiger partial charge in [-0.2, -0.15) is 13.2 Å². The van der Waals surface area contributed by atoms with Gasteiger partial charge >= 0.3 is 12.1 Å². The lowest BCUT2D eigenvalue weighted by Gasteiger charge is -2.23. The second-order valence-corrected chi connectivity index (χ2v) is 6.61. The van der Waals surface area contributed by atoms with Crippen molar-refractivity contribution in [3.05, 3.63) is 34.9 Å². The maximum absolute atomic E-state index is 13.3. The molecule has 0 bridgehead atoms. The first-order valence-electron chi connectivity index (χ1n) is 7.42. The number of hydrogen-bond acceptors (Lipinski definition) is 5. The molecule has 0 aromatic heterocycles. The largest absolute Gasteiger partial charge is 0.459 e. The summed E-state index contributed by atoms with van der Waals surface area (Å²) in [5.41, 5.74) is 3.68. The van der Waals surface area contributed by atoms with Crippen LogP contribution < -0.4 is 5.73 Å². The van der Waals surface area contributed by atoms with Crippen LogP contribution >= 0.6 is 0 Å². The Balaban J connectivity index is 2.99. The molecule has 0 heterocycles. The van der Waals surface area contributed by atoms with E-state index in [4.69, 9.17) is 15.7 Å². The maximum atomic E-state index is 13.3. The number of amidine groups is 1. The van der Waals surface area contributed by atoms with E-state index in [1.165, 1.54) is 24.1 Å². The molecule has 0 amide bonds. The van der Waals surface area contributed by atoms with E-state index in [0.29, 0.717) is 0 Å². The quantitative estimate of drug-likeness (QED) is 0.277. The summed E-state index contributed by atoms with van der Waals surface area (Å²) in [7, 11) is 1.52. The highest BCUT2D eigenvalue weighted by atomic mass is 19.4. The van der Waals surface area contributed by atoms with Gasteiger partial charge < -0.3 is 15.7 Å². The zero-order chi connectivity index (χ0) is 19.4. The van der Waals surface area contributed by atoms with Crippen molar-refractivity contribution >= 4 is 11.8 Å². The molecule has 0 saturated carbocycles. The van der Waals surface area contributed by atoms with Gasteiger partial charge in [0, 0.05) is 12.1 Å². The highest BCUT2D eigenvalue weighted by Gasteiger charge is 2.34. The van der Waals surface area contributed by atoms with Gasteiger partial charge in [-0.1, -0.05) is 17.3 Å². The molecule has 0 radical (unpaired) electrons. The van der Waals surface area contributed by atoms with Crippen molar-refractivity contribution in [2.24, 2.45) is 10.9 Å². The third-order valence-corrected chi connectivity index (χ3v) is 3.08. The topological polar surface area (TPSA) is 88.2 Å². The number of carbonyl (C=O) groups is 1.